The van der Waals surface area contributed by atoms with Crippen molar-refractivity contribution in [1.29, 1.82) is 0 Å². The van der Waals surface area contributed by atoms with Crippen LogP contribution in [0.15, 0.2) is 96.7 Å². The Morgan fingerprint density at radius 2 is 1.64 bits per heavy atom. The van der Waals surface area contributed by atoms with Crippen LogP contribution in [0.4, 0.5) is 0 Å². The highest BCUT2D eigenvalue weighted by Gasteiger charge is 2.46. The minimum atomic E-state index is -0.716. The van der Waals surface area contributed by atoms with Crippen molar-refractivity contribution >= 4 is 28.2 Å². The molecule has 1 unspecified atom stereocenters. The third-order valence-corrected chi connectivity index (χ3v) is 6.13. The summed E-state index contributed by atoms with van der Waals surface area (Å²) < 4.78 is 0. The summed E-state index contributed by atoms with van der Waals surface area (Å²) in [5, 5.41) is 13.2. The van der Waals surface area contributed by atoms with Crippen LogP contribution in [-0.2, 0) is 16.1 Å². The number of aliphatic hydroxyl groups excluding tert-OH is 1. The quantitative estimate of drug-likeness (QED) is 0.273. The van der Waals surface area contributed by atoms with Gasteiger partial charge in [-0.3, -0.25) is 14.6 Å². The molecule has 1 aromatic heterocycles. The van der Waals surface area contributed by atoms with E-state index in [1.807, 2.05) is 79.7 Å². The van der Waals surface area contributed by atoms with Gasteiger partial charge in [0.05, 0.1) is 23.9 Å². The van der Waals surface area contributed by atoms with Crippen molar-refractivity contribution < 1.29 is 14.7 Å². The normalized spacial score (nSPS) is 17.6. The molecule has 0 saturated carbocycles. The van der Waals surface area contributed by atoms with E-state index < -0.39 is 17.7 Å². The first-order valence-electron chi connectivity index (χ1n) is 10.8. The number of carbonyl (C=O) groups excluding carboxylic acids is 2. The molecule has 0 bridgehead atoms. The first-order valence-corrected chi connectivity index (χ1v) is 10.8. The van der Waals surface area contributed by atoms with Crippen molar-refractivity contribution in [2.45, 2.75) is 19.5 Å². The lowest BCUT2D eigenvalue weighted by molar-refractivity contribution is -0.140. The van der Waals surface area contributed by atoms with Crippen LogP contribution in [0, 0.1) is 6.92 Å². The zero-order chi connectivity index (χ0) is 22.9. The van der Waals surface area contributed by atoms with Gasteiger partial charge in [-0.1, -0.05) is 72.8 Å². The van der Waals surface area contributed by atoms with E-state index in [9.17, 15) is 14.7 Å². The topological polar surface area (TPSA) is 70.5 Å². The van der Waals surface area contributed by atoms with E-state index in [0.29, 0.717) is 11.3 Å². The molecule has 1 saturated heterocycles. The van der Waals surface area contributed by atoms with E-state index >= 15 is 0 Å². The van der Waals surface area contributed by atoms with Crippen LogP contribution in [-0.4, -0.2) is 26.7 Å². The standard InChI is InChI=1S/C28H22N2O3/c1-18-9-2-4-13-21(18)25-24(26(31)23-15-8-11-19-10-3-5-14-22(19)23)27(32)28(33)30(25)17-20-12-6-7-16-29-20/h2-16,25,31H,17H2,1H3/b26-24+. The molecule has 0 spiro atoms. The molecular formula is C28H22N2O3. The van der Waals surface area contributed by atoms with Gasteiger partial charge in [-0.25, -0.2) is 0 Å². The number of benzene rings is 3. The number of likely N-dealkylation sites (tertiary alicyclic amines) is 1. The molecule has 1 N–H and O–H groups in total. The monoisotopic (exact) mass is 434 g/mol. The largest absolute Gasteiger partial charge is 0.507 e. The van der Waals surface area contributed by atoms with Crippen LogP contribution >= 0.6 is 0 Å². The first kappa shape index (κ1) is 20.6. The highest BCUT2D eigenvalue weighted by Crippen LogP contribution is 2.42. The third-order valence-electron chi connectivity index (χ3n) is 6.13. The van der Waals surface area contributed by atoms with E-state index in [1.54, 1.807) is 18.3 Å². The Morgan fingerprint density at radius 1 is 0.909 bits per heavy atom. The summed E-state index contributed by atoms with van der Waals surface area (Å²) in [4.78, 5) is 32.4. The van der Waals surface area contributed by atoms with Gasteiger partial charge in [-0.2, -0.15) is 0 Å². The lowest BCUT2D eigenvalue weighted by atomic mass is 9.91. The van der Waals surface area contributed by atoms with E-state index in [1.165, 1.54) is 4.90 Å². The van der Waals surface area contributed by atoms with Crippen molar-refractivity contribution in [2.24, 2.45) is 0 Å². The minimum absolute atomic E-state index is 0.0987. The summed E-state index contributed by atoms with van der Waals surface area (Å²) in [5.41, 5.74) is 3.03. The number of hydrogen-bond acceptors (Lipinski definition) is 4. The molecule has 5 rings (SSSR count). The average molecular weight is 434 g/mol. The summed E-state index contributed by atoms with van der Waals surface area (Å²) in [7, 11) is 0. The maximum atomic E-state index is 13.3. The molecule has 1 aliphatic rings. The predicted molar refractivity (Wildman–Crippen MR) is 127 cm³/mol. The van der Waals surface area contributed by atoms with E-state index in [0.717, 1.165) is 21.9 Å². The number of amides is 1. The Bertz CT molecular complexity index is 1400. The Hall–Kier alpha value is -4.25. The van der Waals surface area contributed by atoms with Crippen LogP contribution in [0.3, 0.4) is 0 Å². The molecule has 0 aliphatic carbocycles. The number of aromatic nitrogens is 1. The Labute approximate surface area is 191 Å². The maximum Gasteiger partial charge on any atom is 0.296 e. The molecule has 5 heteroatoms. The minimum Gasteiger partial charge on any atom is -0.507 e. The second-order valence-electron chi connectivity index (χ2n) is 8.13. The second kappa shape index (κ2) is 8.36. The van der Waals surface area contributed by atoms with Crippen molar-refractivity contribution in [2.75, 3.05) is 0 Å². The second-order valence-corrected chi connectivity index (χ2v) is 8.13. The number of aryl methyl sites for hydroxylation is 1. The smallest absolute Gasteiger partial charge is 0.296 e. The Kier molecular flexibility index (Phi) is 5.23. The molecule has 33 heavy (non-hydrogen) atoms. The molecule has 1 amide bonds. The van der Waals surface area contributed by atoms with Gasteiger partial charge < -0.3 is 10.0 Å². The van der Waals surface area contributed by atoms with E-state index in [4.69, 9.17) is 0 Å². The fraction of sp³-hybridized carbons (Fsp3) is 0.107. The SMILES string of the molecule is Cc1ccccc1C1/C(=C(\O)c2cccc3ccccc23)C(=O)C(=O)N1Cc1ccccn1. The fourth-order valence-electron chi connectivity index (χ4n) is 4.50. The summed E-state index contributed by atoms with van der Waals surface area (Å²) in [6.45, 7) is 2.10. The van der Waals surface area contributed by atoms with Gasteiger partial charge in [-0.05, 0) is 41.0 Å². The number of pyridine rings is 1. The summed E-state index contributed by atoms with van der Waals surface area (Å²) in [6.07, 6.45) is 1.66. The molecule has 3 aromatic carbocycles. The van der Waals surface area contributed by atoms with Gasteiger partial charge in [0.2, 0.25) is 0 Å². The van der Waals surface area contributed by atoms with Crippen molar-refractivity contribution in [1.82, 2.24) is 9.88 Å². The Balaban J connectivity index is 1.73. The zero-order valence-electron chi connectivity index (χ0n) is 18.1. The molecule has 0 radical (unpaired) electrons. The molecule has 5 nitrogen and oxygen atoms in total. The number of Topliss-reactive ketones (excluding diaryl/α,β-unsaturated/α-hetero) is 1. The molecule has 1 fully saturated rings. The van der Waals surface area contributed by atoms with Gasteiger partial charge in [0, 0.05) is 11.8 Å². The number of ketones is 1. The molecule has 162 valence electrons. The Morgan fingerprint density at radius 3 is 2.42 bits per heavy atom. The van der Waals surface area contributed by atoms with E-state index in [-0.39, 0.29) is 17.9 Å². The predicted octanol–water partition coefficient (Wildman–Crippen LogP) is 5.17. The zero-order valence-corrected chi connectivity index (χ0v) is 18.1. The summed E-state index contributed by atoms with van der Waals surface area (Å²) >= 11 is 0. The van der Waals surface area contributed by atoms with Gasteiger partial charge in [0.1, 0.15) is 5.76 Å². The van der Waals surface area contributed by atoms with Crippen LogP contribution in [0.1, 0.15) is 28.4 Å². The highest BCUT2D eigenvalue weighted by molar-refractivity contribution is 6.46. The molecule has 1 aliphatic heterocycles. The van der Waals surface area contributed by atoms with Crippen LogP contribution in [0.5, 0.6) is 0 Å². The number of hydrogen-bond donors (Lipinski definition) is 1. The van der Waals surface area contributed by atoms with Crippen molar-refractivity contribution in [3.63, 3.8) is 0 Å². The van der Waals surface area contributed by atoms with Gasteiger partial charge >= 0.3 is 0 Å². The number of rotatable bonds is 4. The third kappa shape index (κ3) is 3.57. The summed E-state index contributed by atoms with van der Waals surface area (Å²) in [6, 6.07) is 25.6. The number of fused-ring (bicyclic) bond motifs is 1. The first-order chi connectivity index (χ1) is 16.1. The molecular weight excluding hydrogens is 412 g/mol. The average Bonchev–Trinajstić information content (AvgIpc) is 3.09. The maximum absolute atomic E-state index is 13.3. The lowest BCUT2D eigenvalue weighted by Gasteiger charge is -2.26. The summed E-state index contributed by atoms with van der Waals surface area (Å²) in [5.74, 6) is -1.50. The fourth-order valence-corrected chi connectivity index (χ4v) is 4.50. The van der Waals surface area contributed by atoms with Crippen molar-refractivity contribution in [3.05, 3.63) is 119 Å². The van der Waals surface area contributed by atoms with Crippen LogP contribution in [0.2, 0.25) is 0 Å². The van der Waals surface area contributed by atoms with Crippen molar-refractivity contribution in [3.8, 4) is 0 Å². The number of carbonyl (C=O) groups is 2. The van der Waals surface area contributed by atoms with E-state index in [2.05, 4.69) is 4.98 Å². The molecule has 2 heterocycles. The lowest BCUT2D eigenvalue weighted by Crippen LogP contribution is -2.29. The number of nitrogens with zero attached hydrogens (tertiary/aromatic N) is 2. The number of aliphatic hydroxyl groups is 1. The van der Waals surface area contributed by atoms with Gasteiger partial charge in [0.25, 0.3) is 11.7 Å². The van der Waals surface area contributed by atoms with Crippen LogP contribution in [0.25, 0.3) is 16.5 Å². The van der Waals surface area contributed by atoms with Gasteiger partial charge in [-0.15, -0.1) is 0 Å². The molecule has 4 aromatic rings. The molecule has 1 atom stereocenters. The highest BCUT2D eigenvalue weighted by atomic mass is 16.3. The van der Waals surface area contributed by atoms with Gasteiger partial charge in [0.15, 0.2) is 0 Å². The van der Waals surface area contributed by atoms with Crippen LogP contribution < -0.4 is 0 Å².